The van der Waals surface area contributed by atoms with Gasteiger partial charge in [-0.3, -0.25) is 10.1 Å². The van der Waals surface area contributed by atoms with Crippen LogP contribution < -0.4 is 11.1 Å². The molecule has 3 amide bonds. The zero-order valence-electron chi connectivity index (χ0n) is 17.6. The topological polar surface area (TPSA) is 103 Å². The molecule has 2 aromatic carbocycles. The highest BCUT2D eigenvalue weighted by atomic mass is 32.2. The normalized spacial score (nSPS) is 15.6. The maximum Gasteiger partial charge on any atom is 0.318 e. The zero-order valence-corrected chi connectivity index (χ0v) is 18.4. The van der Waals surface area contributed by atoms with E-state index in [2.05, 4.69) is 56.5 Å². The molecule has 7 nitrogen and oxygen atoms in total. The number of rotatable bonds is 6. The number of aromatic nitrogens is 3. The van der Waals surface area contributed by atoms with E-state index in [1.807, 2.05) is 6.07 Å². The molecule has 1 heterocycles. The standard InChI is InChI=1S/C23H27N5O2S/c1-15(21(29)25-22(24)30)31-23-27-26-20(28(23)18-11-3-2-4-12-18)14-17-10-7-9-16-8-5-6-13-19(16)17/h5-10,13,15,18H,2-4,11-12,14H2,1H3,(H3,24,25,29,30)/t15-/m0/s1. The van der Waals surface area contributed by atoms with Crippen LogP contribution in [0.4, 0.5) is 4.79 Å². The summed E-state index contributed by atoms with van der Waals surface area (Å²) in [4.78, 5) is 23.2. The van der Waals surface area contributed by atoms with Crippen molar-refractivity contribution >= 4 is 34.5 Å². The van der Waals surface area contributed by atoms with E-state index in [9.17, 15) is 9.59 Å². The van der Waals surface area contributed by atoms with Crippen molar-refractivity contribution in [1.29, 1.82) is 0 Å². The van der Waals surface area contributed by atoms with Gasteiger partial charge in [-0.05, 0) is 36.1 Å². The van der Waals surface area contributed by atoms with Crippen LogP contribution in [0.1, 0.15) is 56.5 Å². The van der Waals surface area contributed by atoms with Gasteiger partial charge in [0.05, 0.1) is 5.25 Å². The molecule has 1 atom stereocenters. The van der Waals surface area contributed by atoms with Gasteiger partial charge in [-0.15, -0.1) is 10.2 Å². The lowest BCUT2D eigenvalue weighted by Gasteiger charge is -2.26. The minimum absolute atomic E-state index is 0.322. The van der Waals surface area contributed by atoms with Crippen LogP contribution in [-0.4, -0.2) is 32.0 Å². The van der Waals surface area contributed by atoms with Gasteiger partial charge in [-0.1, -0.05) is 73.5 Å². The van der Waals surface area contributed by atoms with E-state index in [4.69, 9.17) is 5.73 Å². The van der Waals surface area contributed by atoms with Crippen molar-refractivity contribution in [2.24, 2.45) is 5.73 Å². The van der Waals surface area contributed by atoms with Crippen molar-refractivity contribution in [3.05, 3.63) is 53.9 Å². The molecule has 0 unspecified atom stereocenters. The molecule has 1 aliphatic carbocycles. The molecule has 162 valence electrons. The molecule has 3 aromatic rings. The van der Waals surface area contributed by atoms with Crippen LogP contribution in [0.15, 0.2) is 47.6 Å². The van der Waals surface area contributed by atoms with Crippen LogP contribution in [0.25, 0.3) is 10.8 Å². The molecular weight excluding hydrogens is 410 g/mol. The maximum absolute atomic E-state index is 12.2. The third-order valence-electron chi connectivity index (χ3n) is 5.80. The van der Waals surface area contributed by atoms with Gasteiger partial charge in [0.2, 0.25) is 5.91 Å². The van der Waals surface area contributed by atoms with E-state index in [-0.39, 0.29) is 0 Å². The minimum Gasteiger partial charge on any atom is -0.351 e. The Morgan fingerprint density at radius 3 is 2.65 bits per heavy atom. The van der Waals surface area contributed by atoms with Crippen molar-refractivity contribution < 1.29 is 9.59 Å². The Bertz CT molecular complexity index is 1090. The highest BCUT2D eigenvalue weighted by Gasteiger charge is 2.26. The van der Waals surface area contributed by atoms with Gasteiger partial charge in [-0.25, -0.2) is 4.79 Å². The number of nitrogens with one attached hydrogen (secondary N) is 1. The molecule has 0 aliphatic heterocycles. The number of hydrogen-bond donors (Lipinski definition) is 2. The molecule has 1 fully saturated rings. The van der Waals surface area contributed by atoms with Crippen LogP contribution in [0.3, 0.4) is 0 Å². The number of benzene rings is 2. The number of amides is 3. The van der Waals surface area contributed by atoms with Crippen molar-refractivity contribution in [2.45, 2.75) is 61.9 Å². The number of urea groups is 1. The predicted octanol–water partition coefficient (Wildman–Crippen LogP) is 4.20. The SMILES string of the molecule is C[C@H](Sc1nnc(Cc2cccc3ccccc23)n1C1CCCCC1)C(=O)NC(N)=O. The molecule has 8 heteroatoms. The number of carbonyl (C=O) groups excluding carboxylic acids is 2. The van der Waals surface area contributed by atoms with Crippen molar-refractivity contribution in [1.82, 2.24) is 20.1 Å². The molecule has 1 aromatic heterocycles. The summed E-state index contributed by atoms with van der Waals surface area (Å²) >= 11 is 1.32. The second kappa shape index (κ2) is 9.51. The summed E-state index contributed by atoms with van der Waals surface area (Å²) in [5.74, 6) is 0.486. The van der Waals surface area contributed by atoms with E-state index in [1.54, 1.807) is 6.92 Å². The van der Waals surface area contributed by atoms with Gasteiger partial charge in [0, 0.05) is 12.5 Å². The third kappa shape index (κ3) is 4.90. The second-order valence-corrected chi connectivity index (χ2v) is 9.30. The summed E-state index contributed by atoms with van der Waals surface area (Å²) in [5.41, 5.74) is 6.30. The number of fused-ring (bicyclic) bond motifs is 1. The average Bonchev–Trinajstić information content (AvgIpc) is 3.16. The van der Waals surface area contributed by atoms with Gasteiger partial charge in [-0.2, -0.15) is 0 Å². The van der Waals surface area contributed by atoms with Gasteiger partial charge >= 0.3 is 6.03 Å². The fourth-order valence-electron chi connectivity index (χ4n) is 4.27. The smallest absolute Gasteiger partial charge is 0.318 e. The number of carbonyl (C=O) groups is 2. The summed E-state index contributed by atoms with van der Waals surface area (Å²) < 4.78 is 2.22. The number of nitrogens with zero attached hydrogens (tertiary/aromatic N) is 3. The first-order valence-corrected chi connectivity index (χ1v) is 11.6. The molecule has 0 bridgehead atoms. The van der Waals surface area contributed by atoms with Gasteiger partial charge < -0.3 is 10.3 Å². The van der Waals surface area contributed by atoms with E-state index < -0.39 is 17.2 Å². The Morgan fingerprint density at radius 1 is 1.13 bits per heavy atom. The van der Waals surface area contributed by atoms with Crippen LogP contribution >= 0.6 is 11.8 Å². The van der Waals surface area contributed by atoms with Gasteiger partial charge in [0.15, 0.2) is 5.16 Å². The van der Waals surface area contributed by atoms with Crippen LogP contribution in [-0.2, 0) is 11.2 Å². The lowest BCUT2D eigenvalue weighted by molar-refractivity contribution is -0.119. The Morgan fingerprint density at radius 2 is 1.87 bits per heavy atom. The Labute approximate surface area is 185 Å². The second-order valence-electron chi connectivity index (χ2n) is 7.99. The number of nitrogens with two attached hydrogens (primary N) is 1. The lowest BCUT2D eigenvalue weighted by atomic mass is 9.95. The van der Waals surface area contributed by atoms with Crippen molar-refractivity contribution in [3.63, 3.8) is 0 Å². The first-order valence-electron chi connectivity index (χ1n) is 10.7. The summed E-state index contributed by atoms with van der Waals surface area (Å²) in [7, 11) is 0. The summed E-state index contributed by atoms with van der Waals surface area (Å²) in [5, 5.41) is 13.8. The van der Waals surface area contributed by atoms with E-state index >= 15 is 0 Å². The fraction of sp³-hybridized carbons (Fsp3) is 0.391. The monoisotopic (exact) mass is 437 g/mol. The number of imide groups is 1. The lowest BCUT2D eigenvalue weighted by Crippen LogP contribution is -2.39. The molecule has 1 aliphatic rings. The molecule has 0 radical (unpaired) electrons. The number of primary amides is 1. The minimum atomic E-state index is -0.845. The third-order valence-corrected chi connectivity index (χ3v) is 6.86. The van der Waals surface area contributed by atoms with Crippen LogP contribution in [0, 0.1) is 0 Å². The molecule has 31 heavy (non-hydrogen) atoms. The summed E-state index contributed by atoms with van der Waals surface area (Å²) in [6.45, 7) is 1.74. The quantitative estimate of drug-likeness (QED) is 0.563. The highest BCUT2D eigenvalue weighted by molar-refractivity contribution is 8.00. The van der Waals surface area contributed by atoms with E-state index in [0.717, 1.165) is 18.7 Å². The van der Waals surface area contributed by atoms with Gasteiger partial charge in [0.1, 0.15) is 5.82 Å². The van der Waals surface area contributed by atoms with E-state index in [0.29, 0.717) is 17.6 Å². The van der Waals surface area contributed by atoms with Crippen molar-refractivity contribution in [2.75, 3.05) is 0 Å². The van der Waals surface area contributed by atoms with Crippen LogP contribution in [0.2, 0.25) is 0 Å². The molecular formula is C23H27N5O2S. The molecule has 3 N–H and O–H groups in total. The van der Waals surface area contributed by atoms with Crippen molar-refractivity contribution in [3.8, 4) is 0 Å². The fourth-order valence-corrected chi connectivity index (χ4v) is 5.20. The zero-order chi connectivity index (χ0) is 21.8. The molecule has 1 saturated carbocycles. The van der Waals surface area contributed by atoms with Gasteiger partial charge in [0.25, 0.3) is 0 Å². The Kier molecular flexibility index (Phi) is 6.56. The highest BCUT2D eigenvalue weighted by Crippen LogP contribution is 2.35. The average molecular weight is 438 g/mol. The largest absolute Gasteiger partial charge is 0.351 e. The molecule has 0 saturated heterocycles. The Balaban J connectivity index is 1.66. The molecule has 4 rings (SSSR count). The number of thioether (sulfide) groups is 1. The van der Waals surface area contributed by atoms with E-state index in [1.165, 1.54) is 47.4 Å². The first kappa shape index (κ1) is 21.4. The number of hydrogen-bond acceptors (Lipinski definition) is 5. The van der Waals surface area contributed by atoms with Crippen LogP contribution in [0.5, 0.6) is 0 Å². The summed E-state index contributed by atoms with van der Waals surface area (Å²) in [6.07, 6.45) is 6.44. The first-order chi connectivity index (χ1) is 15.0. The summed E-state index contributed by atoms with van der Waals surface area (Å²) in [6, 6.07) is 14.2. The molecule has 0 spiro atoms. The Hall–Kier alpha value is -2.87. The maximum atomic E-state index is 12.2. The predicted molar refractivity (Wildman–Crippen MR) is 122 cm³/mol.